The number of hydrogen-bond donors (Lipinski definition) is 3. The fourth-order valence-electron chi connectivity index (χ4n) is 8.69. The zero-order valence-corrected chi connectivity index (χ0v) is 28.5. The van der Waals surface area contributed by atoms with Crippen molar-refractivity contribution in [1.29, 1.82) is 0 Å². The number of fused-ring (bicyclic) bond motifs is 8. The van der Waals surface area contributed by atoms with Gasteiger partial charge in [-0.2, -0.15) is 0 Å². The van der Waals surface area contributed by atoms with Crippen LogP contribution in [0.5, 0.6) is 17.2 Å². The molecule has 18 nitrogen and oxygen atoms in total. The lowest BCUT2D eigenvalue weighted by atomic mass is 9.77. The Morgan fingerprint density at radius 1 is 1.18 bits per heavy atom. The Hall–Kier alpha value is -3.81. The van der Waals surface area contributed by atoms with Gasteiger partial charge in [-0.3, -0.25) is 9.59 Å². The summed E-state index contributed by atoms with van der Waals surface area (Å²) in [6, 6.07) is 0.882. The maximum atomic E-state index is 13.7. The standard InChI is InChI=1S/C33H37N3O15/c1-11-7-14-20(27-19(11)28-29-32(41,49-27)31(10-45-31)33(50-28,51-29)30(43-5)44-6)24(40)22-21(26(14)42-4)17(9-16(38)23(22)39)48-18-8-15(35-36-34)25(12(2)46-18)47-13(3)37/h7,12,15-18,25,28-30,38,40-41H,8-10H2,1-6H3/t12-,15-,16+,17+,18-,25+,28+,29+,31+,32+,33+/m1/s1. The number of methoxy groups -OCH3 is 3. The number of phenolic OH excluding ortho intramolecular Hbond substituents is 1. The van der Waals surface area contributed by atoms with E-state index in [2.05, 4.69) is 10.0 Å². The highest BCUT2D eigenvalue weighted by molar-refractivity contribution is 6.13. The van der Waals surface area contributed by atoms with Crippen molar-refractivity contribution < 1.29 is 72.3 Å². The molecule has 2 bridgehead atoms. The molecule has 2 aromatic carbocycles. The van der Waals surface area contributed by atoms with E-state index in [-0.39, 0.29) is 47.5 Å². The number of benzene rings is 2. The van der Waals surface area contributed by atoms with E-state index in [0.29, 0.717) is 16.5 Å². The van der Waals surface area contributed by atoms with Gasteiger partial charge in [0.05, 0.1) is 42.9 Å². The van der Waals surface area contributed by atoms with Crippen molar-refractivity contribution in [2.75, 3.05) is 27.9 Å². The Morgan fingerprint density at radius 2 is 1.90 bits per heavy atom. The number of carbonyl (C=O) groups is 2. The summed E-state index contributed by atoms with van der Waals surface area (Å²) < 4.78 is 59.8. The van der Waals surface area contributed by atoms with E-state index >= 15 is 0 Å². The SMILES string of the molecule is COc1c2c(c(O)c3c4c(c(C)cc13)[C@@H]1O[C@@]3(C(OC)OC)O[C@@H]1[C@](O)(O4)[C@@]31CO1)C(=O)[C@@H](O)C[C@@H]2O[C@@H]1C[C@@H](N=[N+]=[N-])[C@@H](OC(C)=O)[C@@H](C)O1. The van der Waals surface area contributed by atoms with Crippen molar-refractivity contribution in [1.82, 2.24) is 0 Å². The first-order valence-corrected chi connectivity index (χ1v) is 16.4. The fourth-order valence-corrected chi connectivity index (χ4v) is 8.69. The number of hydrogen-bond acceptors (Lipinski definition) is 16. The van der Waals surface area contributed by atoms with Gasteiger partial charge in [0.25, 0.3) is 11.6 Å². The highest BCUT2D eigenvalue weighted by Crippen LogP contribution is 2.71. The lowest BCUT2D eigenvalue weighted by molar-refractivity contribution is -0.344. The molecule has 3 N–H and O–H groups in total. The molecule has 274 valence electrons. The molecule has 0 unspecified atom stereocenters. The molecular formula is C33H37N3O15. The Bertz CT molecular complexity index is 1890. The molecule has 51 heavy (non-hydrogen) atoms. The highest BCUT2D eigenvalue weighted by Gasteiger charge is 2.92. The number of epoxide rings is 1. The summed E-state index contributed by atoms with van der Waals surface area (Å²) in [5, 5.41) is 39.4. The van der Waals surface area contributed by atoms with Gasteiger partial charge < -0.3 is 62.7 Å². The van der Waals surface area contributed by atoms with Crippen molar-refractivity contribution in [2.45, 2.75) is 106 Å². The number of Topliss-reactive ketones (excluding diaryl/α,β-unsaturated/α-hetero) is 1. The number of azide groups is 1. The molecular weight excluding hydrogens is 678 g/mol. The summed E-state index contributed by atoms with van der Waals surface area (Å²) in [7, 11) is 4.19. The summed E-state index contributed by atoms with van der Waals surface area (Å²) in [5.41, 5.74) is 8.58. The third-order valence-corrected chi connectivity index (χ3v) is 10.9. The average Bonchev–Trinajstić information content (AvgIpc) is 3.76. The first-order chi connectivity index (χ1) is 24.3. The number of carbonyl (C=O) groups excluding carboxylic acids is 2. The van der Waals surface area contributed by atoms with Crippen molar-refractivity contribution in [2.24, 2.45) is 5.11 Å². The molecule has 5 heterocycles. The number of aliphatic hydroxyl groups excluding tert-OH is 1. The van der Waals surface area contributed by atoms with Gasteiger partial charge in [0.2, 0.25) is 11.9 Å². The topological polar surface area (TPSA) is 239 Å². The molecule has 0 amide bonds. The average molecular weight is 716 g/mol. The minimum absolute atomic E-state index is 0.0104. The summed E-state index contributed by atoms with van der Waals surface area (Å²) in [5.74, 6) is -5.58. The van der Waals surface area contributed by atoms with E-state index in [4.69, 9.17) is 47.4 Å². The van der Waals surface area contributed by atoms with Crippen molar-refractivity contribution in [3.63, 3.8) is 0 Å². The van der Waals surface area contributed by atoms with E-state index in [1.807, 2.05) is 0 Å². The number of aryl methyl sites for hydroxylation is 1. The second kappa shape index (κ2) is 11.6. The van der Waals surface area contributed by atoms with Crippen LogP contribution in [0.4, 0.5) is 0 Å². The van der Waals surface area contributed by atoms with E-state index in [1.165, 1.54) is 28.3 Å². The number of rotatable bonds is 8. The quantitative estimate of drug-likeness (QED) is 0.0887. The summed E-state index contributed by atoms with van der Waals surface area (Å²) in [4.78, 5) is 28.4. The van der Waals surface area contributed by atoms with Gasteiger partial charge in [-0.05, 0) is 31.0 Å². The Morgan fingerprint density at radius 3 is 2.53 bits per heavy atom. The number of phenols is 1. The second-order valence-corrected chi connectivity index (χ2v) is 13.6. The smallest absolute Gasteiger partial charge is 0.303 e. The monoisotopic (exact) mass is 715 g/mol. The van der Waals surface area contributed by atoms with Crippen LogP contribution >= 0.6 is 0 Å². The third kappa shape index (κ3) is 4.40. The fraction of sp³-hybridized carbons (Fsp3) is 0.636. The minimum atomic E-state index is -2.13. The number of aromatic hydroxyl groups is 1. The first kappa shape index (κ1) is 34.3. The number of nitrogens with zero attached hydrogens (tertiary/aromatic N) is 3. The van der Waals surface area contributed by atoms with E-state index < -0.39 is 89.9 Å². The van der Waals surface area contributed by atoms with Crippen molar-refractivity contribution in [3.05, 3.63) is 38.8 Å². The van der Waals surface area contributed by atoms with Crippen LogP contribution in [-0.4, -0.2) is 115 Å². The molecule has 1 spiro atoms. The molecule has 11 atom stereocenters. The Kier molecular flexibility index (Phi) is 7.80. The van der Waals surface area contributed by atoms with E-state index in [9.17, 15) is 30.4 Å². The van der Waals surface area contributed by atoms with Gasteiger partial charge in [-0.15, -0.1) is 0 Å². The van der Waals surface area contributed by atoms with Crippen LogP contribution in [0.25, 0.3) is 21.2 Å². The zero-order valence-electron chi connectivity index (χ0n) is 28.5. The summed E-state index contributed by atoms with van der Waals surface area (Å²) >= 11 is 0. The molecule has 4 saturated heterocycles. The molecule has 0 radical (unpaired) electrons. The number of aliphatic hydroxyl groups is 2. The van der Waals surface area contributed by atoms with Gasteiger partial charge >= 0.3 is 5.97 Å². The predicted octanol–water partition coefficient (Wildman–Crippen LogP) is 2.25. The maximum Gasteiger partial charge on any atom is 0.303 e. The second-order valence-electron chi connectivity index (χ2n) is 13.6. The van der Waals surface area contributed by atoms with Crippen LogP contribution in [-0.2, 0) is 42.7 Å². The molecule has 1 aliphatic carbocycles. The molecule has 8 rings (SSSR count). The van der Waals surface area contributed by atoms with Gasteiger partial charge in [0.15, 0.2) is 18.2 Å². The van der Waals surface area contributed by atoms with Crippen LogP contribution in [0.1, 0.15) is 65.9 Å². The van der Waals surface area contributed by atoms with Crippen LogP contribution in [0.3, 0.4) is 0 Å². The summed E-state index contributed by atoms with van der Waals surface area (Å²) in [6.07, 6.45) is -8.70. The number of ketones is 1. The van der Waals surface area contributed by atoms with E-state index in [0.717, 1.165) is 0 Å². The summed E-state index contributed by atoms with van der Waals surface area (Å²) in [6.45, 7) is 4.63. The normalized spacial score (nSPS) is 38.6. The van der Waals surface area contributed by atoms with Crippen LogP contribution in [0.2, 0.25) is 0 Å². The Balaban J connectivity index is 1.25. The van der Waals surface area contributed by atoms with Gasteiger partial charge in [-0.1, -0.05) is 5.11 Å². The molecule has 0 aromatic heterocycles. The number of ether oxygens (including phenoxy) is 10. The maximum absolute atomic E-state index is 13.7. The van der Waals surface area contributed by atoms with Gasteiger partial charge in [0.1, 0.15) is 35.6 Å². The van der Waals surface area contributed by atoms with Crippen molar-refractivity contribution in [3.8, 4) is 17.2 Å². The molecule has 0 saturated carbocycles. The van der Waals surface area contributed by atoms with Gasteiger partial charge in [0, 0.05) is 55.4 Å². The van der Waals surface area contributed by atoms with E-state index in [1.54, 1.807) is 19.9 Å². The molecule has 2 aromatic rings. The van der Waals surface area contributed by atoms with Gasteiger partial charge in [-0.25, -0.2) is 0 Å². The lowest BCUT2D eigenvalue weighted by Crippen LogP contribution is -2.69. The lowest BCUT2D eigenvalue weighted by Gasteiger charge is -2.47. The van der Waals surface area contributed by atoms with Crippen molar-refractivity contribution >= 4 is 22.5 Å². The molecule has 5 aliphatic heterocycles. The highest BCUT2D eigenvalue weighted by atomic mass is 16.9. The van der Waals surface area contributed by atoms with Crippen LogP contribution in [0.15, 0.2) is 11.2 Å². The third-order valence-electron chi connectivity index (χ3n) is 10.9. The predicted molar refractivity (Wildman–Crippen MR) is 167 cm³/mol. The number of esters is 1. The largest absolute Gasteiger partial charge is 0.506 e. The first-order valence-electron chi connectivity index (χ1n) is 16.4. The van der Waals surface area contributed by atoms with Crippen LogP contribution in [0, 0.1) is 6.92 Å². The Labute approximate surface area is 289 Å². The minimum Gasteiger partial charge on any atom is -0.506 e. The molecule has 6 aliphatic rings. The zero-order chi connectivity index (χ0) is 36.4. The molecule has 4 fully saturated rings. The molecule has 18 heteroatoms. The van der Waals surface area contributed by atoms with Crippen LogP contribution < -0.4 is 9.47 Å².